The number of rotatable bonds is 5. The lowest BCUT2D eigenvalue weighted by Crippen LogP contribution is -2.22. The van der Waals surface area contributed by atoms with Crippen LogP contribution < -0.4 is 5.32 Å². The number of para-hydroxylation sites is 1. The molecule has 0 aliphatic rings. The first-order chi connectivity index (χ1) is 8.99. The largest absolute Gasteiger partial charge is 0.458 e. The number of fused-ring (bicyclic) bond motifs is 1. The summed E-state index contributed by atoms with van der Waals surface area (Å²) in [7, 11) is 0. The van der Waals surface area contributed by atoms with Crippen molar-refractivity contribution in [1.29, 1.82) is 0 Å². The Bertz CT molecular complexity index is 557. The Kier molecular flexibility index (Phi) is 4.90. The predicted molar refractivity (Wildman–Crippen MR) is 89.4 cm³/mol. The molecule has 2 rings (SSSR count). The molecule has 0 amide bonds. The van der Waals surface area contributed by atoms with Gasteiger partial charge in [-0.1, -0.05) is 39.8 Å². The van der Waals surface area contributed by atoms with Crippen LogP contribution in [0.1, 0.15) is 39.0 Å². The molecule has 1 heterocycles. The van der Waals surface area contributed by atoms with Crippen LogP contribution in [0.5, 0.6) is 0 Å². The summed E-state index contributed by atoms with van der Waals surface area (Å²) in [6.45, 7) is 9.65. The van der Waals surface area contributed by atoms with Gasteiger partial charge in [0.15, 0.2) is 0 Å². The summed E-state index contributed by atoms with van der Waals surface area (Å²) in [4.78, 5) is 0. The summed E-state index contributed by atoms with van der Waals surface area (Å²) in [5, 5.41) is 4.74. The van der Waals surface area contributed by atoms with Crippen molar-refractivity contribution in [2.45, 2.75) is 46.7 Å². The van der Waals surface area contributed by atoms with Crippen LogP contribution in [0.15, 0.2) is 22.6 Å². The van der Waals surface area contributed by atoms with E-state index < -0.39 is 0 Å². The number of hydrogen-bond donors (Lipinski definition) is 1. The Balaban J connectivity index is 2.45. The molecule has 0 aliphatic heterocycles. The van der Waals surface area contributed by atoms with Gasteiger partial charge in [0.2, 0.25) is 0 Å². The van der Waals surface area contributed by atoms with Crippen molar-refractivity contribution in [1.82, 2.24) is 5.32 Å². The highest BCUT2D eigenvalue weighted by Crippen LogP contribution is 2.31. The molecule has 0 radical (unpaired) electrons. The van der Waals surface area contributed by atoms with E-state index in [2.05, 4.69) is 73.8 Å². The lowest BCUT2D eigenvalue weighted by Gasteiger charge is -2.09. The van der Waals surface area contributed by atoms with Gasteiger partial charge in [-0.2, -0.15) is 0 Å². The lowest BCUT2D eigenvalue weighted by atomic mass is 10.00. The zero-order valence-corrected chi connectivity index (χ0v) is 14.2. The summed E-state index contributed by atoms with van der Waals surface area (Å²) < 4.78 is 7.30. The molecule has 1 N–H and O–H groups in total. The minimum atomic E-state index is 0.471. The van der Waals surface area contributed by atoms with E-state index in [-0.39, 0.29) is 0 Å². The van der Waals surface area contributed by atoms with Crippen LogP contribution in [0, 0.1) is 9.49 Å². The minimum absolute atomic E-state index is 0.471. The van der Waals surface area contributed by atoms with Crippen molar-refractivity contribution in [2.75, 3.05) is 0 Å². The number of nitrogens with one attached hydrogen (secondary N) is 1. The van der Waals surface area contributed by atoms with Crippen molar-refractivity contribution in [2.24, 2.45) is 5.92 Å². The van der Waals surface area contributed by atoms with Gasteiger partial charge in [0, 0.05) is 17.0 Å². The highest BCUT2D eigenvalue weighted by Gasteiger charge is 2.16. The quantitative estimate of drug-likeness (QED) is 0.769. The van der Waals surface area contributed by atoms with Crippen molar-refractivity contribution in [3.8, 4) is 0 Å². The molecule has 0 aliphatic carbocycles. The molecule has 2 nitrogen and oxygen atoms in total. The molecule has 3 heteroatoms. The fourth-order valence-corrected chi connectivity index (χ4v) is 2.87. The third kappa shape index (κ3) is 3.51. The van der Waals surface area contributed by atoms with E-state index in [9.17, 15) is 0 Å². The van der Waals surface area contributed by atoms with E-state index in [1.54, 1.807) is 0 Å². The second kappa shape index (κ2) is 6.27. The van der Waals surface area contributed by atoms with E-state index in [4.69, 9.17) is 4.42 Å². The summed E-state index contributed by atoms with van der Waals surface area (Å²) >= 11 is 2.35. The number of halogens is 1. The molecule has 2 aromatic rings. The van der Waals surface area contributed by atoms with Gasteiger partial charge < -0.3 is 9.73 Å². The first-order valence-corrected chi connectivity index (χ1v) is 7.99. The van der Waals surface area contributed by atoms with Crippen LogP contribution in [0.4, 0.5) is 0 Å². The lowest BCUT2D eigenvalue weighted by molar-refractivity contribution is 0.478. The van der Waals surface area contributed by atoms with Gasteiger partial charge in [-0.3, -0.25) is 0 Å². The van der Waals surface area contributed by atoms with Crippen molar-refractivity contribution in [3.05, 3.63) is 33.1 Å². The van der Waals surface area contributed by atoms with E-state index >= 15 is 0 Å². The van der Waals surface area contributed by atoms with Crippen LogP contribution in [-0.2, 0) is 13.0 Å². The number of furan rings is 1. The standard InChI is InChI=1S/C16H22INO/c1-10(2)8-13-12-6-5-7-14(17)16(12)19-15(13)9-18-11(3)4/h5-7,10-11,18H,8-9H2,1-4H3. The van der Waals surface area contributed by atoms with Gasteiger partial charge in [-0.25, -0.2) is 0 Å². The van der Waals surface area contributed by atoms with Crippen LogP contribution in [0.2, 0.25) is 0 Å². The van der Waals surface area contributed by atoms with Gasteiger partial charge in [0.25, 0.3) is 0 Å². The Morgan fingerprint density at radius 1 is 1.21 bits per heavy atom. The maximum absolute atomic E-state index is 6.11. The second-order valence-electron chi connectivity index (χ2n) is 5.75. The maximum atomic E-state index is 6.11. The summed E-state index contributed by atoms with van der Waals surface area (Å²) in [5.41, 5.74) is 2.41. The number of benzene rings is 1. The Morgan fingerprint density at radius 2 is 1.95 bits per heavy atom. The summed E-state index contributed by atoms with van der Waals surface area (Å²) in [5.74, 6) is 1.73. The molecular formula is C16H22INO. The van der Waals surface area contributed by atoms with Crippen molar-refractivity contribution >= 4 is 33.6 Å². The molecule has 1 aromatic carbocycles. The SMILES string of the molecule is CC(C)Cc1c(CNC(C)C)oc2c(I)cccc12. The first kappa shape index (κ1) is 14.9. The van der Waals surface area contributed by atoms with Crippen molar-refractivity contribution < 1.29 is 4.42 Å². The van der Waals surface area contributed by atoms with Gasteiger partial charge in [0.05, 0.1) is 10.1 Å². The third-order valence-corrected chi connectivity index (χ3v) is 3.99. The summed E-state index contributed by atoms with van der Waals surface area (Å²) in [6, 6.07) is 6.87. The highest BCUT2D eigenvalue weighted by molar-refractivity contribution is 14.1. The van der Waals surface area contributed by atoms with Gasteiger partial charge in [-0.15, -0.1) is 0 Å². The molecular weight excluding hydrogens is 349 g/mol. The fourth-order valence-electron chi connectivity index (χ4n) is 2.26. The zero-order valence-electron chi connectivity index (χ0n) is 12.1. The Hall–Kier alpha value is -0.550. The van der Waals surface area contributed by atoms with Gasteiger partial charge in [0.1, 0.15) is 11.3 Å². The van der Waals surface area contributed by atoms with Gasteiger partial charge >= 0.3 is 0 Å². The predicted octanol–water partition coefficient (Wildman–Crippen LogP) is 4.73. The average molecular weight is 371 g/mol. The van der Waals surface area contributed by atoms with E-state index in [1.807, 2.05) is 0 Å². The Labute approximate surface area is 129 Å². The van der Waals surface area contributed by atoms with Crippen molar-refractivity contribution in [3.63, 3.8) is 0 Å². The minimum Gasteiger partial charge on any atom is -0.458 e. The smallest absolute Gasteiger partial charge is 0.147 e. The molecule has 1 aromatic heterocycles. The molecule has 0 atom stereocenters. The second-order valence-corrected chi connectivity index (χ2v) is 6.92. The van der Waals surface area contributed by atoms with E-state index in [1.165, 1.54) is 14.5 Å². The van der Waals surface area contributed by atoms with Crippen LogP contribution in [0.3, 0.4) is 0 Å². The highest BCUT2D eigenvalue weighted by atomic mass is 127. The number of hydrogen-bond acceptors (Lipinski definition) is 2. The molecule has 0 saturated heterocycles. The molecule has 0 fully saturated rings. The van der Waals surface area contributed by atoms with Gasteiger partial charge in [-0.05, 0) is 41.0 Å². The van der Waals surface area contributed by atoms with E-state index in [0.717, 1.165) is 24.3 Å². The molecule has 0 bridgehead atoms. The average Bonchev–Trinajstić information content (AvgIpc) is 2.66. The monoisotopic (exact) mass is 371 g/mol. The Morgan fingerprint density at radius 3 is 2.58 bits per heavy atom. The molecule has 0 saturated carbocycles. The fraction of sp³-hybridized carbons (Fsp3) is 0.500. The maximum Gasteiger partial charge on any atom is 0.147 e. The van der Waals surface area contributed by atoms with Crippen LogP contribution >= 0.6 is 22.6 Å². The normalized spacial score (nSPS) is 11.9. The van der Waals surface area contributed by atoms with E-state index in [0.29, 0.717) is 12.0 Å². The van der Waals surface area contributed by atoms with Crippen LogP contribution in [0.25, 0.3) is 11.0 Å². The molecule has 0 spiro atoms. The molecule has 0 unspecified atom stereocenters. The third-order valence-electron chi connectivity index (χ3n) is 3.14. The zero-order chi connectivity index (χ0) is 14.0. The molecule has 19 heavy (non-hydrogen) atoms. The molecule has 104 valence electrons. The topological polar surface area (TPSA) is 25.2 Å². The van der Waals surface area contributed by atoms with Crippen LogP contribution in [-0.4, -0.2) is 6.04 Å². The summed E-state index contributed by atoms with van der Waals surface area (Å²) in [6.07, 6.45) is 1.07. The first-order valence-electron chi connectivity index (χ1n) is 6.91.